The zero-order valence-electron chi connectivity index (χ0n) is 11.8. The molecule has 102 valence electrons. The summed E-state index contributed by atoms with van der Waals surface area (Å²) in [6.07, 6.45) is 12.7. The van der Waals surface area contributed by atoms with E-state index in [4.69, 9.17) is 0 Å². The summed E-state index contributed by atoms with van der Waals surface area (Å²) in [5, 5.41) is 9.42. The first-order valence-corrected chi connectivity index (χ1v) is 7.38. The van der Waals surface area contributed by atoms with Gasteiger partial charge < -0.3 is 5.11 Å². The lowest BCUT2D eigenvalue weighted by Crippen LogP contribution is -2.04. The summed E-state index contributed by atoms with van der Waals surface area (Å²) in [4.78, 5) is 0. The molecule has 0 radical (unpaired) electrons. The van der Waals surface area contributed by atoms with Crippen molar-refractivity contribution in [3.63, 3.8) is 0 Å². The van der Waals surface area contributed by atoms with E-state index in [2.05, 4.69) is 24.3 Å². The summed E-state index contributed by atoms with van der Waals surface area (Å²) in [5.74, 6) is 0.750. The molecule has 19 heavy (non-hydrogen) atoms. The van der Waals surface area contributed by atoms with Crippen molar-refractivity contribution in [2.75, 3.05) is 6.61 Å². The van der Waals surface area contributed by atoms with Crippen LogP contribution >= 0.6 is 0 Å². The first-order chi connectivity index (χ1) is 9.35. The Morgan fingerprint density at radius 3 is 2.42 bits per heavy atom. The number of hydrogen-bond acceptors (Lipinski definition) is 1. The number of benzene rings is 1. The molecule has 0 unspecified atom stereocenters. The molecule has 0 saturated heterocycles. The monoisotopic (exact) mass is 256 g/mol. The van der Waals surface area contributed by atoms with Crippen LogP contribution in [0.25, 0.3) is 5.57 Å². The molecule has 1 nitrogen and oxygen atoms in total. The Hall–Kier alpha value is -1.34. The average molecular weight is 256 g/mol. The third-order valence-corrected chi connectivity index (χ3v) is 4.02. The van der Waals surface area contributed by atoms with Gasteiger partial charge in [0.05, 0.1) is 6.61 Å². The molecule has 2 rings (SSSR count). The average Bonchev–Trinajstić information content (AvgIpc) is 2.49. The van der Waals surface area contributed by atoms with Crippen molar-refractivity contribution < 1.29 is 5.11 Å². The molecule has 1 aliphatic carbocycles. The minimum atomic E-state index is 0.0904. The van der Waals surface area contributed by atoms with E-state index >= 15 is 0 Å². The van der Waals surface area contributed by atoms with Crippen molar-refractivity contribution in [3.05, 3.63) is 53.6 Å². The quantitative estimate of drug-likeness (QED) is 0.775. The van der Waals surface area contributed by atoms with Crippen LogP contribution < -0.4 is 0 Å². The fraction of sp³-hybridized carbons (Fsp3) is 0.444. The number of aliphatic hydroxyl groups is 1. The van der Waals surface area contributed by atoms with Gasteiger partial charge in [0, 0.05) is 0 Å². The van der Waals surface area contributed by atoms with Crippen molar-refractivity contribution in [2.45, 2.75) is 44.9 Å². The van der Waals surface area contributed by atoms with Gasteiger partial charge in [-0.15, -0.1) is 0 Å². The van der Waals surface area contributed by atoms with E-state index in [9.17, 15) is 5.11 Å². The van der Waals surface area contributed by atoms with Crippen molar-refractivity contribution in [1.29, 1.82) is 0 Å². The van der Waals surface area contributed by atoms with E-state index in [1.54, 1.807) is 0 Å². The number of aliphatic hydroxyl groups excluding tert-OH is 1. The molecule has 0 aromatic heterocycles. The van der Waals surface area contributed by atoms with Crippen LogP contribution in [0.1, 0.15) is 56.1 Å². The molecule has 0 aliphatic heterocycles. The van der Waals surface area contributed by atoms with Crippen LogP contribution in [-0.4, -0.2) is 11.7 Å². The molecule has 0 bridgehead atoms. The molecule has 1 N–H and O–H groups in total. The lowest BCUT2D eigenvalue weighted by atomic mass is 9.83. The van der Waals surface area contributed by atoms with Crippen LogP contribution in [0, 0.1) is 0 Å². The molecule has 0 amide bonds. The normalized spacial score (nSPS) is 18.1. The summed E-state index contributed by atoms with van der Waals surface area (Å²) in [7, 11) is 0. The lowest BCUT2D eigenvalue weighted by molar-refractivity contribution is 0.350. The summed E-state index contributed by atoms with van der Waals surface area (Å²) >= 11 is 0. The van der Waals surface area contributed by atoms with Crippen LogP contribution in [0.15, 0.2) is 42.5 Å². The van der Waals surface area contributed by atoms with Gasteiger partial charge >= 0.3 is 0 Å². The van der Waals surface area contributed by atoms with Gasteiger partial charge in [0.1, 0.15) is 0 Å². The molecular formula is C18H24O. The Morgan fingerprint density at radius 1 is 1.16 bits per heavy atom. The first-order valence-electron chi connectivity index (χ1n) is 7.38. The van der Waals surface area contributed by atoms with E-state index < -0.39 is 0 Å². The minimum Gasteiger partial charge on any atom is -0.392 e. The zero-order chi connectivity index (χ0) is 13.5. The first kappa shape index (κ1) is 14.1. The highest BCUT2D eigenvalue weighted by Crippen LogP contribution is 2.33. The van der Waals surface area contributed by atoms with Crippen LogP contribution in [-0.2, 0) is 0 Å². The van der Waals surface area contributed by atoms with Gasteiger partial charge in [-0.05, 0) is 42.4 Å². The lowest BCUT2D eigenvalue weighted by Gasteiger charge is -2.22. The third kappa shape index (κ3) is 3.81. The smallest absolute Gasteiger partial charge is 0.0687 e. The third-order valence-electron chi connectivity index (χ3n) is 4.02. The predicted octanol–water partition coefficient (Wildman–Crippen LogP) is 4.69. The minimum absolute atomic E-state index is 0.0904. The molecular weight excluding hydrogens is 232 g/mol. The molecule has 0 atom stereocenters. The van der Waals surface area contributed by atoms with Gasteiger partial charge in [-0.3, -0.25) is 0 Å². The SMILES string of the molecule is C/C=C\C=C(/CO)c1ccc(C2CCCCC2)cc1. The van der Waals surface area contributed by atoms with E-state index in [1.165, 1.54) is 37.7 Å². The Bertz CT molecular complexity index is 433. The Balaban J connectivity index is 2.12. The van der Waals surface area contributed by atoms with Gasteiger partial charge in [-0.2, -0.15) is 0 Å². The summed E-state index contributed by atoms with van der Waals surface area (Å²) < 4.78 is 0. The van der Waals surface area contributed by atoms with Gasteiger partial charge in [-0.1, -0.05) is 61.8 Å². The molecule has 1 fully saturated rings. The zero-order valence-corrected chi connectivity index (χ0v) is 11.8. The Kier molecular flexibility index (Phi) is 5.41. The maximum atomic E-state index is 9.42. The second kappa shape index (κ2) is 7.30. The molecule has 1 heteroatoms. The maximum Gasteiger partial charge on any atom is 0.0687 e. The maximum absolute atomic E-state index is 9.42. The number of allylic oxidation sites excluding steroid dienone is 3. The highest BCUT2D eigenvalue weighted by molar-refractivity contribution is 5.67. The number of rotatable bonds is 4. The van der Waals surface area contributed by atoms with E-state index in [1.807, 2.05) is 25.2 Å². The van der Waals surface area contributed by atoms with Gasteiger partial charge in [0.25, 0.3) is 0 Å². The van der Waals surface area contributed by atoms with Crippen molar-refractivity contribution in [2.24, 2.45) is 0 Å². The fourth-order valence-electron chi connectivity index (χ4n) is 2.86. The molecule has 0 heterocycles. The Labute approximate surface area is 116 Å². The highest BCUT2D eigenvalue weighted by Gasteiger charge is 2.15. The largest absolute Gasteiger partial charge is 0.392 e. The van der Waals surface area contributed by atoms with Crippen molar-refractivity contribution >= 4 is 5.57 Å². The second-order valence-electron chi connectivity index (χ2n) is 5.33. The molecule has 1 aromatic carbocycles. The van der Waals surface area contributed by atoms with Crippen molar-refractivity contribution in [1.82, 2.24) is 0 Å². The van der Waals surface area contributed by atoms with E-state index in [-0.39, 0.29) is 6.61 Å². The van der Waals surface area contributed by atoms with Gasteiger partial charge in [0.2, 0.25) is 0 Å². The van der Waals surface area contributed by atoms with Crippen LogP contribution in [0.5, 0.6) is 0 Å². The van der Waals surface area contributed by atoms with Crippen molar-refractivity contribution in [3.8, 4) is 0 Å². The van der Waals surface area contributed by atoms with Crippen LogP contribution in [0.3, 0.4) is 0 Å². The summed E-state index contributed by atoms with van der Waals surface area (Å²) in [6.45, 7) is 2.07. The highest BCUT2D eigenvalue weighted by atomic mass is 16.3. The standard InChI is InChI=1S/C18H24O/c1-2-3-7-18(14-19)17-12-10-16(11-13-17)15-8-5-4-6-9-15/h2-3,7,10-13,15,19H,4-6,8-9,14H2,1H3/b3-2-,18-7+. The predicted molar refractivity (Wildman–Crippen MR) is 82.1 cm³/mol. The fourth-order valence-corrected chi connectivity index (χ4v) is 2.86. The van der Waals surface area contributed by atoms with E-state index in [0.717, 1.165) is 17.1 Å². The molecule has 1 aliphatic rings. The Morgan fingerprint density at radius 2 is 1.84 bits per heavy atom. The molecule has 1 aromatic rings. The molecule has 0 spiro atoms. The summed E-state index contributed by atoms with van der Waals surface area (Å²) in [6, 6.07) is 8.78. The van der Waals surface area contributed by atoms with Crippen LogP contribution in [0.2, 0.25) is 0 Å². The topological polar surface area (TPSA) is 20.2 Å². The van der Waals surface area contributed by atoms with Gasteiger partial charge in [0.15, 0.2) is 0 Å². The number of hydrogen-bond donors (Lipinski definition) is 1. The summed E-state index contributed by atoms with van der Waals surface area (Å²) in [5.41, 5.74) is 3.57. The second-order valence-corrected chi connectivity index (χ2v) is 5.33. The molecule has 1 saturated carbocycles. The van der Waals surface area contributed by atoms with Crippen LogP contribution in [0.4, 0.5) is 0 Å². The van der Waals surface area contributed by atoms with Gasteiger partial charge in [-0.25, -0.2) is 0 Å². The van der Waals surface area contributed by atoms with E-state index in [0.29, 0.717) is 0 Å².